The van der Waals surface area contributed by atoms with E-state index in [4.69, 9.17) is 0 Å². The fraction of sp³-hybridized carbons (Fsp3) is 0.970. The van der Waals surface area contributed by atoms with Crippen molar-refractivity contribution in [2.75, 3.05) is 6.61 Å². The van der Waals surface area contributed by atoms with Gasteiger partial charge in [-0.1, -0.05) is 168 Å². The van der Waals surface area contributed by atoms with E-state index in [1.165, 1.54) is 135 Å². The van der Waals surface area contributed by atoms with Gasteiger partial charge in [0.15, 0.2) is 0 Å². The zero-order valence-corrected chi connectivity index (χ0v) is 25.3. The van der Waals surface area contributed by atoms with E-state index in [0.717, 1.165) is 25.7 Å². The summed E-state index contributed by atoms with van der Waals surface area (Å²) in [7, 11) is 0. The molecule has 0 aromatic carbocycles. The van der Waals surface area contributed by atoms with Crippen LogP contribution in [0.25, 0.3) is 0 Å². The van der Waals surface area contributed by atoms with E-state index in [9.17, 15) is 15.0 Å². The summed E-state index contributed by atoms with van der Waals surface area (Å²) in [4.78, 5) is 12.1. The SMILES string of the molecule is CCCCCCCCCCCCCCCCCCCCCCC(O)C(CO)NC(=O)CCCCCCC. The Morgan fingerprint density at radius 1 is 0.541 bits per heavy atom. The molecule has 4 nitrogen and oxygen atoms in total. The highest BCUT2D eigenvalue weighted by atomic mass is 16.3. The van der Waals surface area contributed by atoms with Crippen molar-refractivity contribution in [3.63, 3.8) is 0 Å². The minimum atomic E-state index is -0.649. The van der Waals surface area contributed by atoms with Crippen molar-refractivity contribution in [2.45, 2.75) is 199 Å². The lowest BCUT2D eigenvalue weighted by molar-refractivity contribution is -0.123. The molecule has 0 spiro atoms. The molecule has 0 aromatic heterocycles. The number of amides is 1. The predicted molar refractivity (Wildman–Crippen MR) is 161 cm³/mol. The van der Waals surface area contributed by atoms with Crippen LogP contribution in [0.15, 0.2) is 0 Å². The topological polar surface area (TPSA) is 69.6 Å². The van der Waals surface area contributed by atoms with E-state index < -0.39 is 12.1 Å². The van der Waals surface area contributed by atoms with E-state index in [2.05, 4.69) is 19.2 Å². The van der Waals surface area contributed by atoms with Crippen molar-refractivity contribution < 1.29 is 15.0 Å². The first-order chi connectivity index (χ1) is 18.2. The number of carbonyl (C=O) groups excluding carboxylic acids is 1. The van der Waals surface area contributed by atoms with E-state index in [1.807, 2.05) is 0 Å². The Hall–Kier alpha value is -0.610. The van der Waals surface area contributed by atoms with Crippen molar-refractivity contribution in [3.8, 4) is 0 Å². The molecule has 0 rings (SSSR count). The van der Waals surface area contributed by atoms with Crippen LogP contribution in [0, 0.1) is 0 Å². The molecule has 0 aromatic rings. The maximum absolute atomic E-state index is 12.1. The number of aliphatic hydroxyl groups excluding tert-OH is 2. The number of hydrogen-bond donors (Lipinski definition) is 3. The van der Waals surface area contributed by atoms with E-state index in [-0.39, 0.29) is 12.5 Å². The van der Waals surface area contributed by atoms with Gasteiger partial charge < -0.3 is 15.5 Å². The van der Waals surface area contributed by atoms with Crippen LogP contribution in [0.1, 0.15) is 187 Å². The number of hydrogen-bond acceptors (Lipinski definition) is 3. The average Bonchev–Trinajstić information content (AvgIpc) is 2.90. The molecular formula is C33H67NO3. The van der Waals surface area contributed by atoms with Crippen LogP contribution in [0.5, 0.6) is 0 Å². The molecule has 0 aliphatic rings. The molecule has 1 amide bonds. The zero-order valence-electron chi connectivity index (χ0n) is 25.3. The van der Waals surface area contributed by atoms with Gasteiger partial charge in [0.05, 0.1) is 18.8 Å². The highest BCUT2D eigenvalue weighted by Crippen LogP contribution is 2.16. The van der Waals surface area contributed by atoms with Gasteiger partial charge >= 0.3 is 0 Å². The Morgan fingerprint density at radius 2 is 0.865 bits per heavy atom. The first kappa shape index (κ1) is 36.4. The minimum Gasteiger partial charge on any atom is -0.394 e. The van der Waals surface area contributed by atoms with Crippen molar-refractivity contribution in [1.82, 2.24) is 5.32 Å². The minimum absolute atomic E-state index is 0.0434. The molecule has 0 heterocycles. The normalized spacial score (nSPS) is 13.1. The molecule has 0 fully saturated rings. The molecule has 222 valence electrons. The predicted octanol–water partition coefficient (Wildman–Crippen LogP) is 9.40. The third-order valence-corrected chi connectivity index (χ3v) is 7.87. The number of unbranched alkanes of at least 4 members (excludes halogenated alkanes) is 23. The van der Waals surface area contributed by atoms with Crippen LogP contribution in [0.3, 0.4) is 0 Å². The largest absolute Gasteiger partial charge is 0.394 e. The van der Waals surface area contributed by atoms with Gasteiger partial charge in [0, 0.05) is 6.42 Å². The lowest BCUT2D eigenvalue weighted by Crippen LogP contribution is -2.45. The van der Waals surface area contributed by atoms with Crippen molar-refractivity contribution in [1.29, 1.82) is 0 Å². The summed E-state index contributed by atoms with van der Waals surface area (Å²) >= 11 is 0. The number of nitrogens with one attached hydrogen (secondary N) is 1. The lowest BCUT2D eigenvalue weighted by atomic mass is 10.0. The van der Waals surface area contributed by atoms with Crippen LogP contribution in [0.2, 0.25) is 0 Å². The van der Waals surface area contributed by atoms with Crippen molar-refractivity contribution in [2.24, 2.45) is 0 Å². The third-order valence-electron chi connectivity index (χ3n) is 7.87. The number of carbonyl (C=O) groups is 1. The van der Waals surface area contributed by atoms with E-state index >= 15 is 0 Å². The van der Waals surface area contributed by atoms with Crippen LogP contribution >= 0.6 is 0 Å². The average molecular weight is 526 g/mol. The molecule has 0 saturated carbocycles. The highest BCUT2D eigenvalue weighted by Gasteiger charge is 2.19. The van der Waals surface area contributed by atoms with Gasteiger partial charge in [-0.2, -0.15) is 0 Å². The standard InChI is InChI=1S/C33H67NO3/c1-3-5-7-9-10-11-12-13-14-15-16-17-18-19-20-21-22-23-25-26-28-32(36)31(30-35)34-33(37)29-27-24-8-6-4-2/h31-32,35-36H,3-30H2,1-2H3,(H,34,37). The number of rotatable bonds is 30. The van der Waals surface area contributed by atoms with Gasteiger partial charge in [0.25, 0.3) is 0 Å². The molecule has 4 heteroatoms. The second kappa shape index (κ2) is 29.9. The molecular weight excluding hydrogens is 458 g/mol. The third kappa shape index (κ3) is 26.8. The van der Waals surface area contributed by atoms with Crippen molar-refractivity contribution >= 4 is 5.91 Å². The van der Waals surface area contributed by atoms with Gasteiger partial charge in [-0.15, -0.1) is 0 Å². The lowest BCUT2D eigenvalue weighted by Gasteiger charge is -2.22. The molecule has 2 unspecified atom stereocenters. The molecule has 3 N–H and O–H groups in total. The van der Waals surface area contributed by atoms with Crippen LogP contribution < -0.4 is 5.32 Å². The maximum Gasteiger partial charge on any atom is 0.220 e. The first-order valence-corrected chi connectivity index (χ1v) is 16.7. The Morgan fingerprint density at radius 3 is 1.22 bits per heavy atom. The van der Waals surface area contributed by atoms with Gasteiger partial charge in [0.2, 0.25) is 5.91 Å². The number of aliphatic hydroxyl groups is 2. The summed E-state index contributed by atoms with van der Waals surface area (Å²) in [5.41, 5.74) is 0. The van der Waals surface area contributed by atoms with Crippen LogP contribution in [-0.2, 0) is 4.79 Å². The smallest absolute Gasteiger partial charge is 0.220 e. The second-order valence-electron chi connectivity index (χ2n) is 11.6. The van der Waals surface area contributed by atoms with E-state index in [0.29, 0.717) is 12.8 Å². The summed E-state index contributed by atoms with van der Waals surface area (Å²) in [6.07, 6.45) is 33.3. The Balaban J connectivity index is 3.42. The Labute approximate surface area is 232 Å². The van der Waals surface area contributed by atoms with Crippen LogP contribution in [-0.4, -0.2) is 34.9 Å². The summed E-state index contributed by atoms with van der Waals surface area (Å²) < 4.78 is 0. The molecule has 2 atom stereocenters. The van der Waals surface area contributed by atoms with E-state index in [1.54, 1.807) is 0 Å². The second-order valence-corrected chi connectivity index (χ2v) is 11.6. The van der Waals surface area contributed by atoms with Gasteiger partial charge in [0.1, 0.15) is 0 Å². The van der Waals surface area contributed by atoms with Crippen molar-refractivity contribution in [3.05, 3.63) is 0 Å². The fourth-order valence-electron chi connectivity index (χ4n) is 5.24. The summed E-state index contributed by atoms with van der Waals surface area (Å²) in [5, 5.41) is 22.8. The Bertz CT molecular complexity index is 457. The highest BCUT2D eigenvalue weighted by molar-refractivity contribution is 5.76. The van der Waals surface area contributed by atoms with Gasteiger partial charge in [-0.05, 0) is 12.8 Å². The van der Waals surface area contributed by atoms with Gasteiger partial charge in [-0.3, -0.25) is 4.79 Å². The summed E-state index contributed by atoms with van der Waals surface area (Å²) in [6, 6.07) is -0.525. The maximum atomic E-state index is 12.1. The summed E-state index contributed by atoms with van der Waals surface area (Å²) in [5.74, 6) is -0.0434. The monoisotopic (exact) mass is 526 g/mol. The molecule has 0 bridgehead atoms. The summed E-state index contributed by atoms with van der Waals surface area (Å²) in [6.45, 7) is 4.28. The zero-order chi connectivity index (χ0) is 27.2. The molecule has 37 heavy (non-hydrogen) atoms. The molecule has 0 saturated heterocycles. The quantitative estimate of drug-likeness (QED) is 0.0818. The fourth-order valence-corrected chi connectivity index (χ4v) is 5.24. The molecule has 0 aliphatic heterocycles. The van der Waals surface area contributed by atoms with Crippen LogP contribution in [0.4, 0.5) is 0 Å². The van der Waals surface area contributed by atoms with Gasteiger partial charge in [-0.25, -0.2) is 0 Å². The Kier molecular flexibility index (Phi) is 29.4. The molecule has 0 radical (unpaired) electrons. The molecule has 0 aliphatic carbocycles. The first-order valence-electron chi connectivity index (χ1n) is 16.7.